The topological polar surface area (TPSA) is 75.4 Å². The van der Waals surface area contributed by atoms with Crippen molar-refractivity contribution in [3.05, 3.63) is 58.5 Å². The summed E-state index contributed by atoms with van der Waals surface area (Å²) in [7, 11) is 0. The van der Waals surface area contributed by atoms with Crippen molar-refractivity contribution in [2.24, 2.45) is 0 Å². The molecule has 0 unspecified atom stereocenters. The van der Waals surface area contributed by atoms with Crippen LogP contribution < -0.4 is 4.90 Å². The van der Waals surface area contributed by atoms with E-state index >= 15 is 0 Å². The van der Waals surface area contributed by atoms with Crippen LogP contribution >= 0.6 is 11.3 Å². The van der Waals surface area contributed by atoms with Gasteiger partial charge in [0.1, 0.15) is 22.7 Å². The predicted octanol–water partition coefficient (Wildman–Crippen LogP) is 4.97. The summed E-state index contributed by atoms with van der Waals surface area (Å²) in [6, 6.07) is 14.1. The zero-order chi connectivity index (χ0) is 23.3. The lowest BCUT2D eigenvalue weighted by Gasteiger charge is -2.23. The second kappa shape index (κ2) is 10.3. The van der Waals surface area contributed by atoms with Gasteiger partial charge in [0.25, 0.3) is 5.71 Å². The molecule has 3 aromatic heterocycles. The first-order chi connectivity index (χ1) is 16.7. The third-order valence-electron chi connectivity index (χ3n) is 6.22. The molecule has 0 radical (unpaired) electrons. The normalized spacial score (nSPS) is 14.5. The van der Waals surface area contributed by atoms with Crippen LogP contribution in [0.15, 0.2) is 52.4 Å². The first-order valence-corrected chi connectivity index (χ1v) is 12.9. The van der Waals surface area contributed by atoms with E-state index in [1.165, 1.54) is 0 Å². The lowest BCUT2D eigenvalue weighted by Crippen LogP contribution is -2.36. The summed E-state index contributed by atoms with van der Waals surface area (Å²) in [5, 5.41) is 7.26. The second-order valence-corrected chi connectivity index (χ2v) is 9.65. The molecular formula is C26H29N5O2S. The van der Waals surface area contributed by atoms with E-state index in [2.05, 4.69) is 17.0 Å². The van der Waals surface area contributed by atoms with Crippen LogP contribution in [0, 0.1) is 0 Å². The van der Waals surface area contributed by atoms with Crippen molar-refractivity contribution in [2.75, 3.05) is 31.1 Å². The molecule has 7 nitrogen and oxygen atoms in total. The van der Waals surface area contributed by atoms with Gasteiger partial charge < -0.3 is 14.3 Å². The number of hydrogen-bond acceptors (Lipinski definition) is 7. The Hall–Kier alpha value is -3.26. The molecule has 0 aliphatic carbocycles. The van der Waals surface area contributed by atoms with E-state index in [1.54, 1.807) is 11.3 Å². The number of rotatable bonds is 7. The highest BCUT2D eigenvalue weighted by molar-refractivity contribution is 7.10. The van der Waals surface area contributed by atoms with E-state index in [1.807, 2.05) is 52.7 Å². The fourth-order valence-electron chi connectivity index (χ4n) is 4.40. The van der Waals surface area contributed by atoms with Gasteiger partial charge in [-0.15, -0.1) is 11.3 Å². The van der Waals surface area contributed by atoms with Gasteiger partial charge in [-0.1, -0.05) is 54.9 Å². The summed E-state index contributed by atoms with van der Waals surface area (Å²) in [6.07, 6.45) is 4.27. The number of anilines is 1. The Balaban J connectivity index is 1.45. The van der Waals surface area contributed by atoms with Gasteiger partial charge in [0.2, 0.25) is 5.91 Å². The summed E-state index contributed by atoms with van der Waals surface area (Å²) in [5.41, 5.74) is 2.28. The van der Waals surface area contributed by atoms with Crippen molar-refractivity contribution < 1.29 is 9.32 Å². The number of thiophene rings is 1. The maximum atomic E-state index is 12.9. The average Bonchev–Trinajstić information content (AvgIpc) is 3.46. The SMILES string of the molecule is CCCCc1nc(N2CCCN(C(=O)Cc3cccs3)CC2)c2c(-c3ccccc3)noc2n1. The molecule has 0 saturated carbocycles. The van der Waals surface area contributed by atoms with Gasteiger partial charge in [-0.05, 0) is 24.3 Å². The van der Waals surface area contributed by atoms with E-state index in [-0.39, 0.29) is 5.91 Å². The van der Waals surface area contributed by atoms with Crippen molar-refractivity contribution in [2.45, 2.75) is 39.0 Å². The summed E-state index contributed by atoms with van der Waals surface area (Å²) < 4.78 is 5.71. The number of nitrogens with zero attached hydrogens (tertiary/aromatic N) is 5. The molecule has 4 heterocycles. The Morgan fingerprint density at radius 3 is 2.74 bits per heavy atom. The number of benzene rings is 1. The van der Waals surface area contributed by atoms with Gasteiger partial charge in [-0.25, -0.2) is 4.98 Å². The molecule has 0 bridgehead atoms. The number of carbonyl (C=O) groups is 1. The van der Waals surface area contributed by atoms with E-state index < -0.39 is 0 Å². The highest BCUT2D eigenvalue weighted by Gasteiger charge is 2.25. The third kappa shape index (κ3) is 4.82. The van der Waals surface area contributed by atoms with E-state index in [9.17, 15) is 4.79 Å². The zero-order valence-corrected chi connectivity index (χ0v) is 20.3. The van der Waals surface area contributed by atoms with Gasteiger partial charge in [0.15, 0.2) is 0 Å². The number of aryl methyl sites for hydroxylation is 1. The molecular weight excluding hydrogens is 446 g/mol. The molecule has 1 saturated heterocycles. The molecule has 8 heteroatoms. The minimum atomic E-state index is 0.190. The molecule has 1 aliphatic heterocycles. The predicted molar refractivity (Wildman–Crippen MR) is 135 cm³/mol. The third-order valence-corrected chi connectivity index (χ3v) is 7.09. The Morgan fingerprint density at radius 2 is 1.94 bits per heavy atom. The zero-order valence-electron chi connectivity index (χ0n) is 19.4. The quantitative estimate of drug-likeness (QED) is 0.376. The monoisotopic (exact) mass is 475 g/mol. The van der Waals surface area contributed by atoms with Crippen LogP contribution in [0.5, 0.6) is 0 Å². The van der Waals surface area contributed by atoms with Crippen LogP contribution in [0.1, 0.15) is 36.9 Å². The number of fused-ring (bicyclic) bond motifs is 1. The molecule has 1 amide bonds. The fourth-order valence-corrected chi connectivity index (χ4v) is 5.10. The number of hydrogen-bond donors (Lipinski definition) is 0. The van der Waals surface area contributed by atoms with Crippen LogP contribution in [0.2, 0.25) is 0 Å². The molecule has 176 valence electrons. The summed E-state index contributed by atoms with van der Waals surface area (Å²) in [5.74, 6) is 1.84. The summed E-state index contributed by atoms with van der Waals surface area (Å²) in [6.45, 7) is 5.13. The Bertz CT molecular complexity index is 1240. The van der Waals surface area contributed by atoms with Gasteiger partial charge in [-0.3, -0.25) is 4.79 Å². The smallest absolute Gasteiger partial charge is 0.263 e. The highest BCUT2D eigenvalue weighted by atomic mass is 32.1. The van der Waals surface area contributed by atoms with Crippen LogP contribution in [0.4, 0.5) is 5.82 Å². The second-order valence-electron chi connectivity index (χ2n) is 8.62. The highest BCUT2D eigenvalue weighted by Crippen LogP contribution is 2.34. The van der Waals surface area contributed by atoms with Gasteiger partial charge in [0.05, 0.1) is 6.42 Å². The first kappa shape index (κ1) is 22.5. The van der Waals surface area contributed by atoms with E-state index in [4.69, 9.17) is 14.5 Å². The lowest BCUT2D eigenvalue weighted by molar-refractivity contribution is -0.130. The Morgan fingerprint density at radius 1 is 1.06 bits per heavy atom. The Labute approximate surface area is 203 Å². The average molecular weight is 476 g/mol. The van der Waals surface area contributed by atoms with Gasteiger partial charge in [0, 0.05) is 43.0 Å². The molecule has 34 heavy (non-hydrogen) atoms. The maximum Gasteiger partial charge on any atom is 0.263 e. The number of unbranched alkanes of at least 4 members (excludes halogenated alkanes) is 1. The van der Waals surface area contributed by atoms with Gasteiger partial charge in [-0.2, -0.15) is 4.98 Å². The molecule has 4 aromatic rings. The van der Waals surface area contributed by atoms with E-state index in [0.717, 1.165) is 78.5 Å². The number of aromatic nitrogens is 3. The van der Waals surface area contributed by atoms with Crippen LogP contribution in [0.25, 0.3) is 22.4 Å². The van der Waals surface area contributed by atoms with Crippen molar-refractivity contribution >= 4 is 34.2 Å². The van der Waals surface area contributed by atoms with Crippen molar-refractivity contribution in [1.82, 2.24) is 20.0 Å². The van der Waals surface area contributed by atoms with Crippen LogP contribution in [0.3, 0.4) is 0 Å². The fraction of sp³-hybridized carbons (Fsp3) is 0.385. The molecule has 0 atom stereocenters. The van der Waals surface area contributed by atoms with Crippen molar-refractivity contribution in [3.8, 4) is 11.3 Å². The van der Waals surface area contributed by atoms with Crippen molar-refractivity contribution in [1.29, 1.82) is 0 Å². The van der Waals surface area contributed by atoms with Crippen LogP contribution in [-0.4, -0.2) is 52.1 Å². The molecule has 0 N–H and O–H groups in total. The number of amides is 1. The molecule has 5 rings (SSSR count). The molecule has 1 aliphatic rings. The maximum absolute atomic E-state index is 12.9. The summed E-state index contributed by atoms with van der Waals surface area (Å²) >= 11 is 1.64. The lowest BCUT2D eigenvalue weighted by atomic mass is 10.1. The minimum absolute atomic E-state index is 0.190. The Kier molecular flexibility index (Phi) is 6.85. The molecule has 0 spiro atoms. The van der Waals surface area contributed by atoms with Crippen molar-refractivity contribution in [3.63, 3.8) is 0 Å². The van der Waals surface area contributed by atoms with E-state index in [0.29, 0.717) is 18.7 Å². The van der Waals surface area contributed by atoms with Crippen LogP contribution in [-0.2, 0) is 17.6 Å². The number of carbonyl (C=O) groups excluding carboxylic acids is 1. The standard InChI is InChI=1S/C26H29N5O2S/c1-2-3-12-21-27-25(23-24(29-33-26(23)28-21)19-9-5-4-6-10-19)31-14-8-13-30(15-16-31)22(32)18-20-11-7-17-34-20/h4-7,9-11,17H,2-3,8,12-16,18H2,1H3. The molecule has 1 aromatic carbocycles. The van der Waals surface area contributed by atoms with Gasteiger partial charge >= 0.3 is 0 Å². The largest absolute Gasteiger partial charge is 0.354 e. The summed E-state index contributed by atoms with van der Waals surface area (Å²) in [4.78, 5) is 28.0. The minimum Gasteiger partial charge on any atom is -0.354 e. The first-order valence-electron chi connectivity index (χ1n) is 12.0. The molecule has 1 fully saturated rings.